The first kappa shape index (κ1) is 18.1. The van der Waals surface area contributed by atoms with Gasteiger partial charge in [0.15, 0.2) is 0 Å². The first-order chi connectivity index (χ1) is 9.83. The second-order valence-corrected chi connectivity index (χ2v) is 6.49. The molecule has 3 nitrogen and oxygen atoms in total. The topological polar surface area (TPSA) is 30.5 Å². The van der Waals surface area contributed by atoms with Crippen molar-refractivity contribution in [2.75, 3.05) is 26.4 Å². The normalized spacial score (nSPS) is 13.4. The van der Waals surface area contributed by atoms with Crippen LogP contribution in [0.4, 0.5) is 0 Å². The van der Waals surface area contributed by atoms with Crippen LogP contribution in [0.2, 0.25) is 0 Å². The van der Waals surface area contributed by atoms with E-state index in [0.29, 0.717) is 19.8 Å². The minimum absolute atomic E-state index is 0.0987. The summed E-state index contributed by atoms with van der Waals surface area (Å²) in [7, 11) is 0. The Balaban J connectivity index is 2.48. The summed E-state index contributed by atoms with van der Waals surface area (Å²) in [6.45, 7) is 15.5. The molecular formula is C18H31NO2. The van der Waals surface area contributed by atoms with E-state index in [9.17, 15) is 0 Å². The van der Waals surface area contributed by atoms with Crippen LogP contribution in [-0.4, -0.2) is 32.0 Å². The molecule has 0 aromatic heterocycles. The first-order valence-electron chi connectivity index (χ1n) is 7.85. The van der Waals surface area contributed by atoms with Gasteiger partial charge in [-0.2, -0.15) is 0 Å². The monoisotopic (exact) mass is 293 g/mol. The maximum Gasteiger partial charge on any atom is 0.0707 e. The molecule has 1 aromatic carbocycles. The lowest BCUT2D eigenvalue weighted by Crippen LogP contribution is -2.27. The van der Waals surface area contributed by atoms with Crippen LogP contribution in [-0.2, 0) is 9.47 Å². The van der Waals surface area contributed by atoms with Gasteiger partial charge in [0.05, 0.1) is 31.5 Å². The summed E-state index contributed by atoms with van der Waals surface area (Å²) in [5.41, 5.74) is 3.84. The molecule has 0 amide bonds. The highest BCUT2D eigenvalue weighted by molar-refractivity contribution is 5.31. The fraction of sp³-hybridized carbons (Fsp3) is 0.667. The van der Waals surface area contributed by atoms with Crippen LogP contribution >= 0.6 is 0 Å². The number of aryl methyl sites for hydroxylation is 2. The van der Waals surface area contributed by atoms with Gasteiger partial charge in [0.2, 0.25) is 0 Å². The summed E-state index contributed by atoms with van der Waals surface area (Å²) in [6.07, 6.45) is 0. The molecule has 0 saturated carbocycles. The van der Waals surface area contributed by atoms with Crippen molar-refractivity contribution in [1.82, 2.24) is 5.32 Å². The molecule has 1 N–H and O–H groups in total. The van der Waals surface area contributed by atoms with Gasteiger partial charge in [0.1, 0.15) is 0 Å². The Kier molecular flexibility index (Phi) is 7.36. The molecule has 1 rings (SSSR count). The summed E-state index contributed by atoms with van der Waals surface area (Å²) in [4.78, 5) is 0. The van der Waals surface area contributed by atoms with Crippen molar-refractivity contribution >= 4 is 0 Å². The molecule has 0 bridgehead atoms. The van der Waals surface area contributed by atoms with Gasteiger partial charge in [-0.15, -0.1) is 0 Å². The maximum absolute atomic E-state index is 5.78. The van der Waals surface area contributed by atoms with Crippen LogP contribution in [0.5, 0.6) is 0 Å². The Morgan fingerprint density at radius 2 is 1.81 bits per heavy atom. The van der Waals surface area contributed by atoms with Crippen LogP contribution in [0.25, 0.3) is 0 Å². The molecular weight excluding hydrogens is 262 g/mol. The summed E-state index contributed by atoms with van der Waals surface area (Å²) in [6, 6.07) is 6.85. The Hall–Kier alpha value is -0.900. The molecule has 3 heteroatoms. The van der Waals surface area contributed by atoms with Crippen LogP contribution < -0.4 is 5.32 Å². The molecule has 0 radical (unpaired) electrons. The van der Waals surface area contributed by atoms with E-state index in [1.807, 2.05) is 0 Å². The Morgan fingerprint density at radius 3 is 2.38 bits per heavy atom. The van der Waals surface area contributed by atoms with Crippen molar-refractivity contribution in [2.24, 2.45) is 0 Å². The van der Waals surface area contributed by atoms with E-state index in [0.717, 1.165) is 6.54 Å². The van der Waals surface area contributed by atoms with E-state index in [-0.39, 0.29) is 11.6 Å². The Labute approximate surface area is 130 Å². The van der Waals surface area contributed by atoms with Crippen molar-refractivity contribution in [3.63, 3.8) is 0 Å². The lowest BCUT2D eigenvalue weighted by atomic mass is 10.0. The average Bonchev–Trinajstić information content (AvgIpc) is 2.39. The number of nitrogens with one attached hydrogen (secondary N) is 1. The molecule has 0 aliphatic heterocycles. The SMILES string of the molecule is CCNC(COCCOC(C)(C)C)c1ccc(C)c(C)c1. The first-order valence-corrected chi connectivity index (χ1v) is 7.85. The number of likely N-dealkylation sites (N-methyl/N-ethyl adjacent to an activating group) is 1. The Morgan fingerprint density at radius 1 is 1.10 bits per heavy atom. The van der Waals surface area contributed by atoms with E-state index < -0.39 is 0 Å². The maximum atomic E-state index is 5.78. The third kappa shape index (κ3) is 7.07. The molecule has 21 heavy (non-hydrogen) atoms. The van der Waals surface area contributed by atoms with Gasteiger partial charge in [0, 0.05) is 0 Å². The zero-order valence-electron chi connectivity index (χ0n) is 14.5. The summed E-state index contributed by atoms with van der Waals surface area (Å²) in [5.74, 6) is 0. The lowest BCUT2D eigenvalue weighted by molar-refractivity contribution is -0.0373. The van der Waals surface area contributed by atoms with Gasteiger partial charge in [0.25, 0.3) is 0 Å². The van der Waals surface area contributed by atoms with Gasteiger partial charge in [-0.3, -0.25) is 0 Å². The quantitative estimate of drug-likeness (QED) is 0.740. The third-order valence-corrected chi connectivity index (χ3v) is 3.43. The molecule has 0 aliphatic carbocycles. The molecule has 0 heterocycles. The predicted octanol–water partition coefficient (Wildman–Crippen LogP) is 3.79. The second kappa shape index (κ2) is 8.52. The third-order valence-electron chi connectivity index (χ3n) is 3.43. The summed E-state index contributed by atoms with van der Waals surface area (Å²) in [5, 5.41) is 3.49. The smallest absolute Gasteiger partial charge is 0.0707 e. The molecule has 0 fully saturated rings. The number of ether oxygens (including phenoxy) is 2. The molecule has 0 aliphatic rings. The number of rotatable bonds is 8. The molecule has 0 saturated heterocycles. The van der Waals surface area contributed by atoms with Gasteiger partial charge >= 0.3 is 0 Å². The fourth-order valence-electron chi connectivity index (χ4n) is 2.11. The average molecular weight is 293 g/mol. The number of benzene rings is 1. The fourth-order valence-corrected chi connectivity index (χ4v) is 2.11. The second-order valence-electron chi connectivity index (χ2n) is 6.49. The minimum atomic E-state index is -0.0987. The van der Waals surface area contributed by atoms with E-state index in [4.69, 9.17) is 9.47 Å². The van der Waals surface area contributed by atoms with Crippen LogP contribution in [0, 0.1) is 13.8 Å². The zero-order valence-corrected chi connectivity index (χ0v) is 14.5. The highest BCUT2D eigenvalue weighted by Gasteiger charge is 2.12. The molecule has 1 aromatic rings. The highest BCUT2D eigenvalue weighted by Crippen LogP contribution is 2.17. The van der Waals surface area contributed by atoms with Crippen molar-refractivity contribution in [2.45, 2.75) is 53.2 Å². The van der Waals surface area contributed by atoms with Crippen molar-refractivity contribution in [1.29, 1.82) is 0 Å². The van der Waals surface area contributed by atoms with Crippen molar-refractivity contribution < 1.29 is 9.47 Å². The lowest BCUT2D eigenvalue weighted by Gasteiger charge is -2.22. The Bertz CT molecular complexity index is 424. The van der Waals surface area contributed by atoms with E-state index >= 15 is 0 Å². The van der Waals surface area contributed by atoms with Gasteiger partial charge in [-0.1, -0.05) is 25.1 Å². The summed E-state index contributed by atoms with van der Waals surface area (Å²) < 4.78 is 11.4. The van der Waals surface area contributed by atoms with Crippen molar-refractivity contribution in [3.8, 4) is 0 Å². The summed E-state index contributed by atoms with van der Waals surface area (Å²) >= 11 is 0. The predicted molar refractivity (Wildman–Crippen MR) is 88.9 cm³/mol. The van der Waals surface area contributed by atoms with Crippen LogP contribution in [0.15, 0.2) is 18.2 Å². The van der Waals surface area contributed by atoms with E-state index in [2.05, 4.69) is 65.1 Å². The minimum Gasteiger partial charge on any atom is -0.377 e. The van der Waals surface area contributed by atoms with E-state index in [1.54, 1.807) is 0 Å². The van der Waals surface area contributed by atoms with Crippen molar-refractivity contribution in [3.05, 3.63) is 34.9 Å². The molecule has 1 atom stereocenters. The molecule has 120 valence electrons. The zero-order chi connectivity index (χ0) is 15.9. The van der Waals surface area contributed by atoms with Gasteiger partial charge in [-0.25, -0.2) is 0 Å². The van der Waals surface area contributed by atoms with Crippen LogP contribution in [0.3, 0.4) is 0 Å². The van der Waals surface area contributed by atoms with Gasteiger partial charge in [-0.05, 0) is 57.9 Å². The van der Waals surface area contributed by atoms with Crippen LogP contribution in [0.1, 0.15) is 50.4 Å². The molecule has 1 unspecified atom stereocenters. The number of hydrogen-bond acceptors (Lipinski definition) is 3. The molecule has 0 spiro atoms. The highest BCUT2D eigenvalue weighted by atomic mass is 16.5. The van der Waals surface area contributed by atoms with Gasteiger partial charge < -0.3 is 14.8 Å². The standard InChI is InChI=1S/C18H31NO2/c1-7-19-17(13-20-10-11-21-18(4,5)6)16-9-8-14(2)15(3)12-16/h8-9,12,17,19H,7,10-11,13H2,1-6H3. The van der Waals surface area contributed by atoms with E-state index in [1.165, 1.54) is 16.7 Å². The number of hydrogen-bond donors (Lipinski definition) is 1. The largest absolute Gasteiger partial charge is 0.377 e.